The summed E-state index contributed by atoms with van der Waals surface area (Å²) < 4.78 is 2.19. The molecule has 1 N–H and O–H groups in total. The van der Waals surface area contributed by atoms with Gasteiger partial charge in [0, 0.05) is 57.6 Å². The highest BCUT2D eigenvalue weighted by Crippen LogP contribution is 2.16. The third-order valence-corrected chi connectivity index (χ3v) is 4.94. The number of aliphatic imine (C=N–C) groups is 1. The van der Waals surface area contributed by atoms with E-state index in [0.29, 0.717) is 6.54 Å². The van der Waals surface area contributed by atoms with Crippen LogP contribution in [0.1, 0.15) is 17.0 Å². The van der Waals surface area contributed by atoms with Crippen molar-refractivity contribution in [2.24, 2.45) is 4.99 Å². The fraction of sp³-hybridized carbons (Fsp3) is 0.273. The molecular formula is C22H26ClN5. The first-order valence-corrected chi connectivity index (χ1v) is 9.74. The van der Waals surface area contributed by atoms with Crippen molar-refractivity contribution < 1.29 is 0 Å². The van der Waals surface area contributed by atoms with E-state index in [4.69, 9.17) is 11.6 Å². The van der Waals surface area contributed by atoms with Crippen LogP contribution in [-0.2, 0) is 19.5 Å². The van der Waals surface area contributed by atoms with Gasteiger partial charge in [0.25, 0.3) is 0 Å². The number of imidazole rings is 1. The van der Waals surface area contributed by atoms with Crippen molar-refractivity contribution in [3.63, 3.8) is 0 Å². The summed E-state index contributed by atoms with van der Waals surface area (Å²) in [4.78, 5) is 11.0. The molecule has 0 radical (unpaired) electrons. The molecule has 0 aliphatic heterocycles. The van der Waals surface area contributed by atoms with Crippen LogP contribution in [0, 0.1) is 0 Å². The first-order chi connectivity index (χ1) is 13.7. The summed E-state index contributed by atoms with van der Waals surface area (Å²) in [6.45, 7) is 2.28. The van der Waals surface area contributed by atoms with E-state index in [1.54, 1.807) is 7.05 Å². The van der Waals surface area contributed by atoms with Crippen molar-refractivity contribution in [2.45, 2.75) is 19.5 Å². The maximum atomic E-state index is 6.27. The Labute approximate surface area is 171 Å². The van der Waals surface area contributed by atoms with Gasteiger partial charge in [-0.05, 0) is 17.2 Å². The second-order valence-electron chi connectivity index (χ2n) is 6.63. The summed E-state index contributed by atoms with van der Waals surface area (Å²) in [6, 6.07) is 18.3. The van der Waals surface area contributed by atoms with Crippen molar-refractivity contribution in [1.82, 2.24) is 19.8 Å². The zero-order valence-electron chi connectivity index (χ0n) is 16.3. The minimum atomic E-state index is 0.696. The van der Waals surface area contributed by atoms with Gasteiger partial charge in [-0.2, -0.15) is 0 Å². The lowest BCUT2D eigenvalue weighted by molar-refractivity contribution is 0.476. The maximum absolute atomic E-state index is 6.27. The van der Waals surface area contributed by atoms with E-state index >= 15 is 0 Å². The van der Waals surface area contributed by atoms with Crippen LogP contribution in [0.15, 0.2) is 72.0 Å². The molecule has 0 fully saturated rings. The standard InChI is InChI=1S/C22H26ClN5/c1-24-22(27(2)17-19-10-6-7-11-20(19)23)26-13-12-21-25-14-15-28(21)16-18-8-4-3-5-9-18/h3-11,14-15H,12-13,16-17H2,1-2H3,(H,24,26). The van der Waals surface area contributed by atoms with Gasteiger partial charge in [-0.1, -0.05) is 60.1 Å². The fourth-order valence-corrected chi connectivity index (χ4v) is 3.32. The summed E-state index contributed by atoms with van der Waals surface area (Å²) in [7, 11) is 3.80. The molecule has 28 heavy (non-hydrogen) atoms. The highest BCUT2D eigenvalue weighted by Gasteiger charge is 2.09. The number of hydrogen-bond donors (Lipinski definition) is 1. The Morgan fingerprint density at radius 2 is 1.89 bits per heavy atom. The number of nitrogens with one attached hydrogen (secondary N) is 1. The molecule has 0 aliphatic carbocycles. The monoisotopic (exact) mass is 395 g/mol. The third kappa shape index (κ3) is 5.36. The van der Waals surface area contributed by atoms with E-state index in [1.165, 1.54) is 5.56 Å². The number of hydrogen-bond acceptors (Lipinski definition) is 2. The molecule has 0 unspecified atom stereocenters. The molecule has 0 bridgehead atoms. The van der Waals surface area contributed by atoms with Gasteiger partial charge in [-0.15, -0.1) is 0 Å². The molecule has 0 amide bonds. The number of nitrogens with zero attached hydrogens (tertiary/aromatic N) is 4. The van der Waals surface area contributed by atoms with Gasteiger partial charge in [0.2, 0.25) is 0 Å². The average Bonchev–Trinajstić information content (AvgIpc) is 3.14. The highest BCUT2D eigenvalue weighted by atomic mass is 35.5. The lowest BCUT2D eigenvalue weighted by Gasteiger charge is -2.22. The number of guanidine groups is 1. The Hall–Kier alpha value is -2.79. The topological polar surface area (TPSA) is 45.5 Å². The van der Waals surface area contributed by atoms with E-state index in [0.717, 1.165) is 41.9 Å². The molecule has 1 aromatic heterocycles. The van der Waals surface area contributed by atoms with E-state index < -0.39 is 0 Å². The molecule has 0 atom stereocenters. The summed E-state index contributed by atoms with van der Waals surface area (Å²) in [5, 5.41) is 4.19. The molecule has 1 heterocycles. The predicted molar refractivity (Wildman–Crippen MR) is 116 cm³/mol. The Morgan fingerprint density at radius 3 is 2.64 bits per heavy atom. The maximum Gasteiger partial charge on any atom is 0.193 e. The molecule has 0 saturated heterocycles. The largest absolute Gasteiger partial charge is 0.356 e. The molecule has 2 aromatic carbocycles. The van der Waals surface area contributed by atoms with Gasteiger partial charge < -0.3 is 14.8 Å². The van der Waals surface area contributed by atoms with Crippen molar-refractivity contribution in [3.05, 3.63) is 89.0 Å². The zero-order valence-corrected chi connectivity index (χ0v) is 17.1. The van der Waals surface area contributed by atoms with Gasteiger partial charge >= 0.3 is 0 Å². The van der Waals surface area contributed by atoms with Crippen molar-refractivity contribution >= 4 is 17.6 Å². The lowest BCUT2D eigenvalue weighted by atomic mass is 10.2. The van der Waals surface area contributed by atoms with Crippen LogP contribution in [0.25, 0.3) is 0 Å². The first-order valence-electron chi connectivity index (χ1n) is 9.36. The average molecular weight is 396 g/mol. The van der Waals surface area contributed by atoms with Gasteiger partial charge in [-0.3, -0.25) is 4.99 Å². The van der Waals surface area contributed by atoms with Crippen LogP contribution in [0.2, 0.25) is 5.02 Å². The minimum Gasteiger partial charge on any atom is -0.356 e. The van der Waals surface area contributed by atoms with E-state index in [2.05, 4.69) is 49.0 Å². The third-order valence-electron chi connectivity index (χ3n) is 4.57. The predicted octanol–water partition coefficient (Wildman–Crippen LogP) is 3.83. The van der Waals surface area contributed by atoms with E-state index in [1.807, 2.05) is 49.8 Å². The Morgan fingerprint density at radius 1 is 1.14 bits per heavy atom. The van der Waals surface area contributed by atoms with Gasteiger partial charge in [-0.25, -0.2) is 4.98 Å². The van der Waals surface area contributed by atoms with Crippen LogP contribution in [0.4, 0.5) is 0 Å². The molecular weight excluding hydrogens is 370 g/mol. The smallest absolute Gasteiger partial charge is 0.193 e. The number of benzene rings is 2. The molecule has 146 valence electrons. The van der Waals surface area contributed by atoms with Crippen LogP contribution >= 0.6 is 11.6 Å². The summed E-state index contributed by atoms with van der Waals surface area (Å²) in [5.74, 6) is 1.89. The number of halogens is 1. The van der Waals surface area contributed by atoms with Crippen LogP contribution in [0.3, 0.4) is 0 Å². The van der Waals surface area contributed by atoms with Crippen LogP contribution in [-0.4, -0.2) is 41.1 Å². The van der Waals surface area contributed by atoms with Crippen molar-refractivity contribution in [1.29, 1.82) is 0 Å². The Kier molecular flexibility index (Phi) is 7.09. The summed E-state index contributed by atoms with van der Waals surface area (Å²) in [6.07, 6.45) is 4.70. The molecule has 5 nitrogen and oxygen atoms in total. The molecule has 0 aliphatic rings. The molecule has 0 spiro atoms. The quantitative estimate of drug-likeness (QED) is 0.488. The number of rotatable bonds is 7. The summed E-state index contributed by atoms with van der Waals surface area (Å²) in [5.41, 5.74) is 2.35. The van der Waals surface area contributed by atoms with Crippen LogP contribution < -0.4 is 5.32 Å². The van der Waals surface area contributed by atoms with Crippen molar-refractivity contribution in [3.8, 4) is 0 Å². The minimum absolute atomic E-state index is 0.696. The van der Waals surface area contributed by atoms with Gasteiger partial charge in [0.15, 0.2) is 5.96 Å². The molecule has 6 heteroatoms. The van der Waals surface area contributed by atoms with Gasteiger partial charge in [0.1, 0.15) is 5.82 Å². The van der Waals surface area contributed by atoms with Crippen molar-refractivity contribution in [2.75, 3.05) is 20.6 Å². The molecule has 0 saturated carbocycles. The zero-order chi connectivity index (χ0) is 19.8. The Balaban J connectivity index is 1.54. The van der Waals surface area contributed by atoms with Crippen LogP contribution in [0.5, 0.6) is 0 Å². The first kappa shape index (κ1) is 20.0. The normalized spacial score (nSPS) is 11.5. The Bertz CT molecular complexity index is 904. The molecule has 3 aromatic rings. The van der Waals surface area contributed by atoms with E-state index in [-0.39, 0.29) is 0 Å². The lowest BCUT2D eigenvalue weighted by Crippen LogP contribution is -2.39. The second kappa shape index (κ2) is 9.95. The summed E-state index contributed by atoms with van der Waals surface area (Å²) >= 11 is 6.27. The highest BCUT2D eigenvalue weighted by molar-refractivity contribution is 6.31. The molecule has 3 rings (SSSR count). The fourth-order valence-electron chi connectivity index (χ4n) is 3.12. The number of aromatic nitrogens is 2. The van der Waals surface area contributed by atoms with E-state index in [9.17, 15) is 0 Å². The second-order valence-corrected chi connectivity index (χ2v) is 7.04. The van der Waals surface area contributed by atoms with Gasteiger partial charge in [0.05, 0.1) is 0 Å². The SMILES string of the molecule is CN=C(NCCc1nccn1Cc1ccccc1)N(C)Cc1ccccc1Cl.